The molecule has 0 unspecified atom stereocenters. The third kappa shape index (κ3) is 1.71. The van der Waals surface area contributed by atoms with Gasteiger partial charge in [0, 0.05) is 17.2 Å². The summed E-state index contributed by atoms with van der Waals surface area (Å²) in [7, 11) is 0. The molecule has 2 aliphatic rings. The van der Waals surface area contributed by atoms with E-state index in [1.54, 1.807) is 30.3 Å². The highest BCUT2D eigenvalue weighted by molar-refractivity contribution is 6.23. The van der Waals surface area contributed by atoms with E-state index in [1.165, 1.54) is 12.2 Å². The summed E-state index contributed by atoms with van der Waals surface area (Å²) in [5.41, 5.74) is 2.03. The van der Waals surface area contributed by atoms with Crippen molar-refractivity contribution in [3.8, 4) is 5.75 Å². The molecular weight excluding hydrogens is 280 g/mol. The van der Waals surface area contributed by atoms with Gasteiger partial charge in [-0.1, -0.05) is 6.07 Å². The molecule has 0 spiro atoms. The van der Waals surface area contributed by atoms with Gasteiger partial charge in [-0.05, 0) is 58.3 Å². The number of rotatable bonds is 0. The van der Waals surface area contributed by atoms with Crippen molar-refractivity contribution in [1.82, 2.24) is 0 Å². The second kappa shape index (κ2) is 4.18. The third-order valence-corrected chi connectivity index (χ3v) is 3.92. The topological polar surface area (TPSA) is 74.6 Å². The molecule has 0 aromatic heterocycles. The highest BCUT2D eigenvalue weighted by atomic mass is 16.3. The summed E-state index contributed by atoms with van der Waals surface area (Å²) in [6.07, 6.45) is 4.26. The molecule has 106 valence electrons. The number of carbonyl (C=O) groups is 2. The Morgan fingerprint density at radius 2 is 1.64 bits per heavy atom. The van der Waals surface area contributed by atoms with E-state index >= 15 is 0 Å². The van der Waals surface area contributed by atoms with Gasteiger partial charge in [0.15, 0.2) is 11.5 Å². The Bertz CT molecular complexity index is 974. The van der Waals surface area contributed by atoms with E-state index < -0.39 is 5.78 Å². The van der Waals surface area contributed by atoms with Gasteiger partial charge >= 0.3 is 0 Å². The molecule has 0 saturated carbocycles. The summed E-state index contributed by atoms with van der Waals surface area (Å²) in [5, 5.41) is 20.8. The van der Waals surface area contributed by atoms with Crippen molar-refractivity contribution in [1.29, 1.82) is 0 Å². The minimum Gasteiger partial charge on any atom is -0.508 e. The first-order valence-electron chi connectivity index (χ1n) is 6.73. The minimum absolute atomic E-state index is 0.131. The lowest BCUT2D eigenvalue weighted by molar-refractivity contribution is -0.113. The first kappa shape index (κ1) is 12.6. The quantitative estimate of drug-likeness (QED) is 0.782. The lowest BCUT2D eigenvalue weighted by Crippen LogP contribution is -2.17. The van der Waals surface area contributed by atoms with Crippen LogP contribution in [0.15, 0.2) is 59.4 Å². The number of aliphatic hydroxyl groups is 1. The van der Waals surface area contributed by atoms with Gasteiger partial charge in [-0.25, -0.2) is 0 Å². The summed E-state index contributed by atoms with van der Waals surface area (Å²) in [4.78, 5) is 24.2. The lowest BCUT2D eigenvalue weighted by atomic mass is 9.82. The molecule has 4 heteroatoms. The van der Waals surface area contributed by atoms with Gasteiger partial charge in [0.1, 0.15) is 5.75 Å². The Hall–Kier alpha value is -3.14. The molecular formula is C18H10O4. The molecule has 0 amide bonds. The van der Waals surface area contributed by atoms with Crippen LogP contribution < -0.4 is 0 Å². The molecule has 2 aliphatic carbocycles. The van der Waals surface area contributed by atoms with Gasteiger partial charge in [-0.2, -0.15) is 0 Å². The largest absolute Gasteiger partial charge is 0.508 e. The Kier molecular flexibility index (Phi) is 2.39. The average Bonchev–Trinajstić information content (AvgIpc) is 2.48. The highest BCUT2D eigenvalue weighted by Gasteiger charge is 2.28. The van der Waals surface area contributed by atoms with Crippen LogP contribution in [0.2, 0.25) is 0 Å². The van der Waals surface area contributed by atoms with Crippen LogP contribution in [-0.4, -0.2) is 21.8 Å². The molecule has 0 bridgehead atoms. The van der Waals surface area contributed by atoms with Crippen LogP contribution in [0.4, 0.5) is 0 Å². The third-order valence-electron chi connectivity index (χ3n) is 3.92. The molecule has 22 heavy (non-hydrogen) atoms. The normalized spacial score (nSPS) is 16.6. The van der Waals surface area contributed by atoms with E-state index in [2.05, 4.69) is 0 Å². The van der Waals surface area contributed by atoms with Crippen LogP contribution in [-0.2, 0) is 4.79 Å². The van der Waals surface area contributed by atoms with Crippen molar-refractivity contribution in [3.05, 3.63) is 70.5 Å². The zero-order valence-electron chi connectivity index (χ0n) is 11.3. The predicted octanol–water partition coefficient (Wildman–Crippen LogP) is 3.08. The maximum Gasteiger partial charge on any atom is 0.220 e. The smallest absolute Gasteiger partial charge is 0.220 e. The molecule has 0 aliphatic heterocycles. The molecule has 0 radical (unpaired) electrons. The molecule has 4 nitrogen and oxygen atoms in total. The second-order valence-electron chi connectivity index (χ2n) is 5.35. The van der Waals surface area contributed by atoms with E-state index in [-0.39, 0.29) is 22.9 Å². The highest BCUT2D eigenvalue weighted by Crippen LogP contribution is 2.34. The molecule has 0 atom stereocenters. The summed E-state index contributed by atoms with van der Waals surface area (Å²) in [6.45, 7) is 0. The molecule has 2 aromatic carbocycles. The van der Waals surface area contributed by atoms with Crippen molar-refractivity contribution in [2.45, 2.75) is 0 Å². The van der Waals surface area contributed by atoms with E-state index in [4.69, 9.17) is 0 Å². The summed E-state index contributed by atoms with van der Waals surface area (Å²) in [5.74, 6) is -1.05. The van der Waals surface area contributed by atoms with Crippen LogP contribution in [0.5, 0.6) is 5.75 Å². The molecule has 4 rings (SSSR count). The number of benzene rings is 2. The first-order chi connectivity index (χ1) is 10.5. The number of hydrogen-bond donors (Lipinski definition) is 2. The van der Waals surface area contributed by atoms with Gasteiger partial charge in [0.2, 0.25) is 5.78 Å². The van der Waals surface area contributed by atoms with Gasteiger partial charge in [0.25, 0.3) is 0 Å². The van der Waals surface area contributed by atoms with Gasteiger partial charge < -0.3 is 10.2 Å². The number of Topliss-reactive ketones (excluding diaryl/α,β-unsaturated/α-hetero) is 1. The molecule has 0 saturated heterocycles. The lowest BCUT2D eigenvalue weighted by Gasteiger charge is -2.20. The SMILES string of the molecule is O=C1C=C2C(=O)c3cc4cc(O)ccc4cc3C=C2C=C1O. The maximum absolute atomic E-state index is 12.6. The van der Waals surface area contributed by atoms with Crippen molar-refractivity contribution < 1.29 is 19.8 Å². The fourth-order valence-electron chi connectivity index (χ4n) is 2.83. The first-order valence-corrected chi connectivity index (χ1v) is 6.73. The minimum atomic E-state index is -0.567. The fraction of sp³-hybridized carbons (Fsp3) is 0. The van der Waals surface area contributed by atoms with E-state index in [0.29, 0.717) is 11.1 Å². The number of fused-ring (bicyclic) bond motifs is 3. The van der Waals surface area contributed by atoms with Crippen molar-refractivity contribution in [2.75, 3.05) is 0 Å². The van der Waals surface area contributed by atoms with Crippen molar-refractivity contribution >= 4 is 28.4 Å². The van der Waals surface area contributed by atoms with Crippen LogP contribution >= 0.6 is 0 Å². The number of ketones is 2. The Morgan fingerprint density at radius 3 is 2.45 bits per heavy atom. The molecule has 0 fully saturated rings. The maximum atomic E-state index is 12.6. The van der Waals surface area contributed by atoms with E-state index in [1.807, 2.05) is 6.07 Å². The van der Waals surface area contributed by atoms with Gasteiger partial charge in [0.05, 0.1) is 0 Å². The number of phenolic OH excluding ortho intramolecular Hbond substituents is 1. The average molecular weight is 290 g/mol. The van der Waals surface area contributed by atoms with Gasteiger partial charge in [-0.3, -0.25) is 9.59 Å². The molecule has 0 heterocycles. The Morgan fingerprint density at radius 1 is 0.818 bits per heavy atom. The number of allylic oxidation sites excluding steroid dienone is 4. The van der Waals surface area contributed by atoms with Crippen LogP contribution in [0.1, 0.15) is 15.9 Å². The van der Waals surface area contributed by atoms with Crippen LogP contribution in [0.25, 0.3) is 16.8 Å². The van der Waals surface area contributed by atoms with Crippen LogP contribution in [0, 0.1) is 0 Å². The van der Waals surface area contributed by atoms with E-state index in [9.17, 15) is 19.8 Å². The molecule has 2 N–H and O–H groups in total. The number of phenols is 1. The second-order valence-corrected chi connectivity index (χ2v) is 5.35. The van der Waals surface area contributed by atoms with Crippen LogP contribution in [0.3, 0.4) is 0 Å². The summed E-state index contributed by atoms with van der Waals surface area (Å²) >= 11 is 0. The van der Waals surface area contributed by atoms with Gasteiger partial charge in [-0.15, -0.1) is 0 Å². The number of carbonyl (C=O) groups excluding carboxylic acids is 2. The van der Waals surface area contributed by atoms with Crippen molar-refractivity contribution in [3.63, 3.8) is 0 Å². The summed E-state index contributed by atoms with van der Waals surface area (Å²) in [6, 6.07) is 8.52. The van der Waals surface area contributed by atoms with E-state index in [0.717, 1.165) is 16.3 Å². The Labute approximate surface area is 125 Å². The zero-order chi connectivity index (χ0) is 15.4. The fourth-order valence-corrected chi connectivity index (χ4v) is 2.83. The number of aromatic hydroxyl groups is 1. The molecule has 2 aromatic rings. The predicted molar refractivity (Wildman–Crippen MR) is 81.7 cm³/mol. The monoisotopic (exact) mass is 290 g/mol. The Balaban J connectivity index is 2.01. The van der Waals surface area contributed by atoms with Crippen molar-refractivity contribution in [2.24, 2.45) is 0 Å². The standard InChI is InChI=1S/C18H10O4/c19-13-2-1-9-3-11-4-12-7-16(20)17(21)8-15(12)18(22)14(11)6-10(9)5-13/h1-8,19-20H. The zero-order valence-corrected chi connectivity index (χ0v) is 11.3. The number of aliphatic hydroxyl groups excluding tert-OH is 1. The number of hydrogen-bond acceptors (Lipinski definition) is 4. The summed E-state index contributed by atoms with van der Waals surface area (Å²) < 4.78 is 0.